The van der Waals surface area contributed by atoms with E-state index in [1.165, 1.54) is 17.4 Å². The quantitative estimate of drug-likeness (QED) is 0.812. The molecule has 0 aliphatic heterocycles. The number of hydrogen-bond donors (Lipinski definition) is 2. The highest BCUT2D eigenvalue weighted by Gasteiger charge is 2.63. The molecule has 0 atom stereocenters. The number of rotatable bonds is 3. The third-order valence-corrected chi connectivity index (χ3v) is 2.78. The third-order valence-electron chi connectivity index (χ3n) is 2.12. The predicted octanol–water partition coefficient (Wildman–Crippen LogP) is 3.28. The number of halogens is 6. The first-order chi connectivity index (χ1) is 8.98. The highest BCUT2D eigenvalue weighted by atomic mass is 79.9. The molecule has 4 nitrogen and oxygen atoms in total. The van der Waals surface area contributed by atoms with Gasteiger partial charge in [0.1, 0.15) is 0 Å². The van der Waals surface area contributed by atoms with Crippen LogP contribution in [0.4, 0.5) is 27.6 Å². The van der Waals surface area contributed by atoms with E-state index >= 15 is 0 Å². The Morgan fingerprint density at radius 3 is 2.15 bits per heavy atom. The number of aromatic carboxylic acids is 1. The van der Waals surface area contributed by atoms with E-state index in [1.54, 1.807) is 0 Å². The number of amides is 1. The molecule has 1 amide bonds. The van der Waals surface area contributed by atoms with E-state index in [4.69, 9.17) is 5.11 Å². The minimum atomic E-state index is -6.08. The molecule has 110 valence electrons. The van der Waals surface area contributed by atoms with Crippen LogP contribution in [0.1, 0.15) is 10.4 Å². The first kappa shape index (κ1) is 16.3. The van der Waals surface area contributed by atoms with Gasteiger partial charge in [0.2, 0.25) is 0 Å². The maximum atomic E-state index is 12.8. The third kappa shape index (κ3) is 3.06. The number of hydrogen-bond acceptors (Lipinski definition) is 2. The molecule has 0 saturated carbocycles. The van der Waals surface area contributed by atoms with E-state index < -0.39 is 35.2 Å². The molecule has 1 rings (SSSR count). The first-order valence-electron chi connectivity index (χ1n) is 4.76. The topological polar surface area (TPSA) is 66.4 Å². The van der Waals surface area contributed by atoms with Crippen molar-refractivity contribution in [3.8, 4) is 0 Å². The molecule has 1 aromatic rings. The highest BCUT2D eigenvalue weighted by Crippen LogP contribution is 2.37. The minimum Gasteiger partial charge on any atom is -0.478 e. The van der Waals surface area contributed by atoms with Gasteiger partial charge in [-0.25, -0.2) is 4.79 Å². The number of carbonyl (C=O) groups excluding carboxylic acids is 1. The number of carbonyl (C=O) groups is 2. The summed E-state index contributed by atoms with van der Waals surface area (Å²) in [6, 6.07) is 3.33. The SMILES string of the molecule is O=C(O)c1cccc(Br)c1NC(=O)C(F)(F)C(F)(F)F. The van der Waals surface area contributed by atoms with Crippen LogP contribution in [0.15, 0.2) is 22.7 Å². The van der Waals surface area contributed by atoms with Crippen molar-refractivity contribution in [3.63, 3.8) is 0 Å². The molecule has 0 unspecified atom stereocenters. The zero-order valence-corrected chi connectivity index (χ0v) is 10.8. The summed E-state index contributed by atoms with van der Waals surface area (Å²) in [6.45, 7) is 0. The van der Waals surface area contributed by atoms with E-state index in [1.807, 2.05) is 0 Å². The molecule has 0 radical (unpaired) electrons. The Morgan fingerprint density at radius 2 is 1.70 bits per heavy atom. The number of benzene rings is 1. The van der Waals surface area contributed by atoms with Crippen molar-refractivity contribution in [1.29, 1.82) is 0 Å². The fraction of sp³-hybridized carbons (Fsp3) is 0.200. The summed E-state index contributed by atoms with van der Waals surface area (Å²) in [4.78, 5) is 21.8. The van der Waals surface area contributed by atoms with Crippen LogP contribution >= 0.6 is 15.9 Å². The van der Waals surface area contributed by atoms with Gasteiger partial charge in [-0.15, -0.1) is 0 Å². The van der Waals surface area contributed by atoms with E-state index in [-0.39, 0.29) is 4.47 Å². The van der Waals surface area contributed by atoms with Crippen molar-refractivity contribution in [2.45, 2.75) is 12.1 Å². The number of para-hydroxylation sites is 1. The van der Waals surface area contributed by atoms with Gasteiger partial charge in [0.25, 0.3) is 0 Å². The van der Waals surface area contributed by atoms with Crippen LogP contribution in [0.3, 0.4) is 0 Å². The van der Waals surface area contributed by atoms with Crippen molar-refractivity contribution < 1.29 is 36.6 Å². The van der Waals surface area contributed by atoms with E-state index in [0.717, 1.165) is 6.07 Å². The van der Waals surface area contributed by atoms with Crippen molar-refractivity contribution in [3.05, 3.63) is 28.2 Å². The molecule has 0 aromatic heterocycles. The summed E-state index contributed by atoms with van der Waals surface area (Å²) in [5.41, 5.74) is -1.32. The molecule has 0 aliphatic rings. The second-order valence-corrected chi connectivity index (χ2v) is 4.35. The second-order valence-electron chi connectivity index (χ2n) is 3.49. The average Bonchev–Trinajstić information content (AvgIpc) is 2.29. The summed E-state index contributed by atoms with van der Waals surface area (Å²) in [6.07, 6.45) is -6.08. The van der Waals surface area contributed by atoms with Crippen LogP contribution in [-0.4, -0.2) is 29.1 Å². The molecule has 0 fully saturated rings. The molecular formula is C10H5BrF5NO3. The first-order valence-corrected chi connectivity index (χ1v) is 5.55. The van der Waals surface area contributed by atoms with Crippen LogP contribution in [0.2, 0.25) is 0 Å². The molecule has 0 spiro atoms. The molecule has 0 heterocycles. The predicted molar refractivity (Wildman–Crippen MR) is 60.7 cm³/mol. The lowest BCUT2D eigenvalue weighted by atomic mass is 10.1. The maximum Gasteiger partial charge on any atom is 0.463 e. The van der Waals surface area contributed by atoms with Crippen LogP contribution < -0.4 is 5.32 Å². The molecule has 2 N–H and O–H groups in total. The molecule has 0 saturated heterocycles. The Hall–Kier alpha value is -1.71. The van der Waals surface area contributed by atoms with Crippen molar-refractivity contribution in [1.82, 2.24) is 0 Å². The molecule has 0 bridgehead atoms. The molecule has 10 heteroatoms. The average molecular weight is 362 g/mol. The Morgan fingerprint density at radius 1 is 1.15 bits per heavy atom. The monoisotopic (exact) mass is 361 g/mol. The van der Waals surface area contributed by atoms with Crippen LogP contribution in [0, 0.1) is 0 Å². The molecule has 0 aliphatic carbocycles. The summed E-state index contributed by atoms with van der Waals surface area (Å²) in [7, 11) is 0. The Balaban J connectivity index is 3.18. The zero-order chi connectivity index (χ0) is 15.7. The van der Waals surface area contributed by atoms with Gasteiger partial charge in [-0.05, 0) is 28.1 Å². The largest absolute Gasteiger partial charge is 0.478 e. The number of carboxylic acids is 1. The van der Waals surface area contributed by atoms with Gasteiger partial charge in [-0.1, -0.05) is 6.07 Å². The van der Waals surface area contributed by atoms with Gasteiger partial charge in [0.15, 0.2) is 0 Å². The maximum absolute atomic E-state index is 12.8. The summed E-state index contributed by atoms with van der Waals surface area (Å²) < 4.78 is 61.4. The van der Waals surface area contributed by atoms with Crippen molar-refractivity contribution >= 4 is 33.5 Å². The summed E-state index contributed by atoms with van der Waals surface area (Å²) >= 11 is 2.76. The van der Waals surface area contributed by atoms with Gasteiger partial charge in [0.05, 0.1) is 11.3 Å². The van der Waals surface area contributed by atoms with Gasteiger partial charge < -0.3 is 10.4 Å². The van der Waals surface area contributed by atoms with Crippen LogP contribution in [0.5, 0.6) is 0 Å². The van der Waals surface area contributed by atoms with E-state index in [9.17, 15) is 31.5 Å². The molecular weight excluding hydrogens is 357 g/mol. The lowest BCUT2D eigenvalue weighted by Gasteiger charge is -2.19. The van der Waals surface area contributed by atoms with Gasteiger partial charge in [0, 0.05) is 4.47 Å². The van der Waals surface area contributed by atoms with Gasteiger partial charge in [-0.3, -0.25) is 4.79 Å². The standard InChI is InChI=1S/C10H5BrF5NO3/c11-5-3-1-2-4(7(18)19)6(5)17-8(20)9(12,13)10(14,15)16/h1-3H,(H,17,20)(H,18,19). The van der Waals surface area contributed by atoms with Crippen LogP contribution in [0.25, 0.3) is 0 Å². The Bertz CT molecular complexity index is 558. The van der Waals surface area contributed by atoms with E-state index in [2.05, 4.69) is 15.9 Å². The number of carboxylic acid groups (broad SMARTS) is 1. The number of nitrogens with one attached hydrogen (secondary N) is 1. The second kappa shape index (κ2) is 5.35. The summed E-state index contributed by atoms with van der Waals surface area (Å²) in [5, 5.41) is 10.1. The summed E-state index contributed by atoms with van der Waals surface area (Å²) in [5.74, 6) is -9.91. The lowest BCUT2D eigenvalue weighted by Crippen LogP contribution is -2.47. The number of anilines is 1. The fourth-order valence-electron chi connectivity index (χ4n) is 1.15. The minimum absolute atomic E-state index is 0.149. The van der Waals surface area contributed by atoms with Crippen molar-refractivity contribution in [2.75, 3.05) is 5.32 Å². The van der Waals surface area contributed by atoms with Gasteiger partial charge in [-0.2, -0.15) is 22.0 Å². The lowest BCUT2D eigenvalue weighted by molar-refractivity contribution is -0.267. The van der Waals surface area contributed by atoms with E-state index in [0.29, 0.717) is 0 Å². The Kier molecular flexibility index (Phi) is 4.37. The Labute approximate surface area is 116 Å². The normalized spacial score (nSPS) is 12.1. The van der Waals surface area contributed by atoms with Gasteiger partial charge >= 0.3 is 24.0 Å². The smallest absolute Gasteiger partial charge is 0.463 e. The van der Waals surface area contributed by atoms with Crippen molar-refractivity contribution in [2.24, 2.45) is 0 Å². The number of alkyl halides is 5. The molecule has 1 aromatic carbocycles. The highest BCUT2D eigenvalue weighted by molar-refractivity contribution is 9.10. The molecule has 20 heavy (non-hydrogen) atoms. The fourth-order valence-corrected chi connectivity index (χ4v) is 1.62. The zero-order valence-electron chi connectivity index (χ0n) is 9.26. The van der Waals surface area contributed by atoms with Crippen LogP contribution in [-0.2, 0) is 4.79 Å².